The first kappa shape index (κ1) is 19.9. The summed E-state index contributed by atoms with van der Waals surface area (Å²) in [6, 6.07) is 3.73. The van der Waals surface area contributed by atoms with Gasteiger partial charge < -0.3 is 19.9 Å². The summed E-state index contributed by atoms with van der Waals surface area (Å²) in [4.78, 5) is 20.2. The fourth-order valence-electron chi connectivity index (χ4n) is 3.86. The molecule has 31 heavy (non-hydrogen) atoms. The number of nitrogens with zero attached hydrogens (tertiary/aromatic N) is 3. The molecule has 1 unspecified atom stereocenters. The van der Waals surface area contributed by atoms with Crippen LogP contribution >= 0.6 is 11.6 Å². The van der Waals surface area contributed by atoms with Crippen LogP contribution in [0.2, 0.25) is 5.28 Å². The summed E-state index contributed by atoms with van der Waals surface area (Å²) in [5.41, 5.74) is 0.614. The van der Waals surface area contributed by atoms with Crippen LogP contribution in [0.5, 0.6) is 5.75 Å². The molecule has 0 bridgehead atoms. The van der Waals surface area contributed by atoms with Crippen LogP contribution in [0.4, 0.5) is 30.4 Å². The minimum Gasteiger partial charge on any atom is -0.480 e. The van der Waals surface area contributed by atoms with E-state index >= 15 is 0 Å². The van der Waals surface area contributed by atoms with Crippen molar-refractivity contribution in [3.8, 4) is 5.75 Å². The van der Waals surface area contributed by atoms with Gasteiger partial charge in [0.25, 0.3) is 5.56 Å². The Morgan fingerprint density at radius 3 is 2.87 bits per heavy atom. The predicted molar refractivity (Wildman–Crippen MR) is 110 cm³/mol. The maximum Gasteiger partial charge on any atom is 0.301 e. The zero-order chi connectivity index (χ0) is 21.9. The highest BCUT2D eigenvalue weighted by molar-refractivity contribution is 6.28. The lowest BCUT2D eigenvalue weighted by molar-refractivity contribution is -0.0579. The summed E-state index contributed by atoms with van der Waals surface area (Å²) < 4.78 is 50.1. The Bertz CT molecular complexity index is 1260. The highest BCUT2D eigenvalue weighted by atomic mass is 35.5. The zero-order valence-corrected chi connectivity index (χ0v) is 17.0. The topological polar surface area (TPSA) is 81.1 Å². The quantitative estimate of drug-likeness (QED) is 0.584. The molecule has 1 aromatic carbocycles. The Labute approximate surface area is 179 Å². The number of nitrogens with one attached hydrogen (secondary N) is 2. The van der Waals surface area contributed by atoms with Crippen molar-refractivity contribution in [3.63, 3.8) is 0 Å². The van der Waals surface area contributed by atoms with Gasteiger partial charge in [0, 0.05) is 18.1 Å². The van der Waals surface area contributed by atoms with Gasteiger partial charge in [-0.3, -0.25) is 4.79 Å². The van der Waals surface area contributed by atoms with Gasteiger partial charge in [0.15, 0.2) is 18.2 Å². The van der Waals surface area contributed by atoms with Crippen LogP contribution in [-0.2, 0) is 7.05 Å². The van der Waals surface area contributed by atoms with E-state index in [4.69, 9.17) is 16.3 Å². The number of aryl methyl sites for hydroxylation is 1. The molecule has 0 spiro atoms. The molecule has 2 aromatic heterocycles. The molecular formula is C20H17ClF3N5O2. The highest BCUT2D eigenvalue weighted by Crippen LogP contribution is 2.45. The molecule has 1 atom stereocenters. The SMILES string of the molecule is Cn1c(=O)c2c(c3cc(Nc4nc(Cl)ncc4F)ccc31)NC(C1CC1)C(F)(F)CO2. The van der Waals surface area contributed by atoms with E-state index < -0.39 is 29.9 Å². The lowest BCUT2D eigenvalue weighted by Crippen LogP contribution is -2.44. The predicted octanol–water partition coefficient (Wildman–Crippen LogP) is 4.08. The van der Waals surface area contributed by atoms with Crippen LogP contribution in [0.15, 0.2) is 29.2 Å². The molecule has 3 heterocycles. The molecule has 1 aliphatic carbocycles. The first-order valence-electron chi connectivity index (χ1n) is 9.63. The van der Waals surface area contributed by atoms with Crippen LogP contribution in [-0.4, -0.2) is 33.1 Å². The minimum absolute atomic E-state index is 0.134. The van der Waals surface area contributed by atoms with Gasteiger partial charge in [-0.2, -0.15) is 4.98 Å². The van der Waals surface area contributed by atoms with Crippen molar-refractivity contribution in [3.05, 3.63) is 45.9 Å². The van der Waals surface area contributed by atoms with E-state index in [1.807, 2.05) is 0 Å². The number of pyridine rings is 1. The third-order valence-electron chi connectivity index (χ3n) is 5.59. The fraction of sp³-hybridized carbons (Fsp3) is 0.350. The Hall–Kier alpha value is -3.01. The lowest BCUT2D eigenvalue weighted by atomic mass is 10.0. The van der Waals surface area contributed by atoms with Crippen molar-refractivity contribution < 1.29 is 17.9 Å². The molecule has 3 aromatic rings. The summed E-state index contributed by atoms with van der Waals surface area (Å²) in [6.07, 6.45) is 2.31. The Balaban J connectivity index is 1.65. The summed E-state index contributed by atoms with van der Waals surface area (Å²) in [5, 5.41) is 6.05. The molecule has 2 aliphatic rings. The number of aromatic nitrogens is 3. The van der Waals surface area contributed by atoms with Crippen LogP contribution in [0.1, 0.15) is 12.8 Å². The standard InChI is InChI=1S/C20H17ClF3N5O2/c1-29-13-5-4-10(26-17-12(22)7-25-19(21)28-17)6-11(13)14-15(18(29)30)31-8-20(23,24)16(27-14)9-2-3-9/h4-7,9,16,27H,2-3,8H2,1H3,(H,25,26,28). The van der Waals surface area contributed by atoms with Gasteiger partial charge >= 0.3 is 5.92 Å². The number of anilines is 3. The molecule has 5 rings (SSSR count). The zero-order valence-electron chi connectivity index (χ0n) is 16.3. The minimum atomic E-state index is -3.13. The monoisotopic (exact) mass is 451 g/mol. The Morgan fingerprint density at radius 2 is 2.13 bits per heavy atom. The summed E-state index contributed by atoms with van der Waals surface area (Å²) in [5.74, 6) is -4.33. The second kappa shape index (κ2) is 7.01. The molecule has 1 aliphatic heterocycles. The number of fused-ring (bicyclic) bond motifs is 3. The van der Waals surface area contributed by atoms with E-state index in [0.717, 1.165) is 6.20 Å². The van der Waals surface area contributed by atoms with E-state index in [0.29, 0.717) is 29.4 Å². The molecule has 0 radical (unpaired) electrons. The van der Waals surface area contributed by atoms with Crippen molar-refractivity contribution in [2.45, 2.75) is 24.8 Å². The van der Waals surface area contributed by atoms with Crippen LogP contribution < -0.4 is 20.9 Å². The number of ether oxygens (including phenoxy) is 1. The molecular weight excluding hydrogens is 435 g/mol. The summed E-state index contributed by atoms with van der Waals surface area (Å²) in [6.45, 7) is -0.877. The molecule has 11 heteroatoms. The first-order valence-corrected chi connectivity index (χ1v) is 10.0. The average molecular weight is 452 g/mol. The number of halogens is 4. The van der Waals surface area contributed by atoms with Crippen molar-refractivity contribution >= 4 is 39.7 Å². The first-order chi connectivity index (χ1) is 14.7. The number of alkyl halides is 2. The Morgan fingerprint density at radius 1 is 1.35 bits per heavy atom. The van der Waals surface area contributed by atoms with Gasteiger partial charge in [-0.15, -0.1) is 0 Å². The van der Waals surface area contributed by atoms with Gasteiger partial charge in [-0.25, -0.2) is 18.2 Å². The number of rotatable bonds is 3. The molecule has 162 valence electrons. The highest BCUT2D eigenvalue weighted by Gasteiger charge is 2.51. The molecule has 1 saturated carbocycles. The molecule has 0 amide bonds. The van der Waals surface area contributed by atoms with Crippen molar-refractivity contribution in [1.82, 2.24) is 14.5 Å². The summed E-state index contributed by atoms with van der Waals surface area (Å²) >= 11 is 5.74. The van der Waals surface area contributed by atoms with Crippen LogP contribution in [0.25, 0.3) is 10.9 Å². The maximum atomic E-state index is 14.7. The lowest BCUT2D eigenvalue weighted by Gasteiger charge is -2.25. The molecule has 1 fully saturated rings. The van der Waals surface area contributed by atoms with Gasteiger partial charge in [0.05, 0.1) is 23.4 Å². The Kier molecular flexibility index (Phi) is 4.51. The van der Waals surface area contributed by atoms with Gasteiger partial charge in [0.2, 0.25) is 11.0 Å². The van der Waals surface area contributed by atoms with E-state index in [2.05, 4.69) is 20.6 Å². The van der Waals surface area contributed by atoms with Crippen LogP contribution in [0, 0.1) is 11.7 Å². The van der Waals surface area contributed by atoms with Gasteiger partial charge in [-0.1, -0.05) is 0 Å². The fourth-order valence-corrected chi connectivity index (χ4v) is 3.99. The third kappa shape index (κ3) is 3.44. The average Bonchev–Trinajstić information content (AvgIpc) is 3.56. The van der Waals surface area contributed by atoms with E-state index in [1.165, 1.54) is 11.6 Å². The van der Waals surface area contributed by atoms with Gasteiger partial charge in [-0.05, 0) is 48.6 Å². The van der Waals surface area contributed by atoms with Crippen LogP contribution in [0.3, 0.4) is 0 Å². The van der Waals surface area contributed by atoms with Crippen molar-refractivity contribution in [2.75, 3.05) is 17.2 Å². The summed E-state index contributed by atoms with van der Waals surface area (Å²) in [7, 11) is 1.53. The maximum absolute atomic E-state index is 14.7. The van der Waals surface area contributed by atoms with E-state index in [1.54, 1.807) is 18.2 Å². The molecule has 2 N–H and O–H groups in total. The van der Waals surface area contributed by atoms with E-state index in [-0.39, 0.29) is 28.5 Å². The van der Waals surface area contributed by atoms with E-state index in [9.17, 15) is 18.0 Å². The second-order valence-corrected chi connectivity index (χ2v) is 8.11. The smallest absolute Gasteiger partial charge is 0.301 e. The third-order valence-corrected chi connectivity index (χ3v) is 5.77. The number of hydrogen-bond donors (Lipinski definition) is 2. The largest absolute Gasteiger partial charge is 0.480 e. The number of benzene rings is 1. The van der Waals surface area contributed by atoms with Gasteiger partial charge in [0.1, 0.15) is 0 Å². The normalized spacial score (nSPS) is 19.8. The molecule has 7 nitrogen and oxygen atoms in total. The van der Waals surface area contributed by atoms with Crippen molar-refractivity contribution in [1.29, 1.82) is 0 Å². The second-order valence-electron chi connectivity index (χ2n) is 7.77. The number of hydrogen-bond acceptors (Lipinski definition) is 6. The molecule has 0 saturated heterocycles. The van der Waals surface area contributed by atoms with Crippen molar-refractivity contribution in [2.24, 2.45) is 13.0 Å².